The van der Waals surface area contributed by atoms with Crippen LogP contribution in [0.3, 0.4) is 0 Å². The number of fused-ring (bicyclic) bond motifs is 2. The number of aliphatic hydroxyl groups excluding tert-OH is 1. The summed E-state index contributed by atoms with van der Waals surface area (Å²) in [7, 11) is 0. The number of hydrogen-bond donors (Lipinski definition) is 1. The molecule has 0 saturated carbocycles. The molecule has 0 aliphatic carbocycles. The third-order valence-electron chi connectivity index (χ3n) is 10.3. The minimum atomic E-state index is -0.422. The molecule has 4 saturated heterocycles. The molecule has 0 spiro atoms. The topological polar surface area (TPSA) is 53.0 Å². The highest BCUT2D eigenvalue weighted by Gasteiger charge is 2.51. The second-order valence-corrected chi connectivity index (χ2v) is 14.1. The third-order valence-corrected chi connectivity index (χ3v) is 12.0. The summed E-state index contributed by atoms with van der Waals surface area (Å²) in [5.41, 5.74) is 2.58. The summed E-state index contributed by atoms with van der Waals surface area (Å²) in [4.78, 5) is 5.28. The maximum absolute atomic E-state index is 11.9. The van der Waals surface area contributed by atoms with E-state index < -0.39 is 6.23 Å². The van der Waals surface area contributed by atoms with Crippen LogP contribution in [0.1, 0.15) is 95.3 Å². The second-order valence-electron chi connectivity index (χ2n) is 12.5. The van der Waals surface area contributed by atoms with Gasteiger partial charge in [0.05, 0.1) is 29.8 Å². The fraction of sp³-hybridized carbons (Fsp3) is 0.733. The zero-order chi connectivity index (χ0) is 24.9. The van der Waals surface area contributed by atoms with Gasteiger partial charge in [0.1, 0.15) is 6.23 Å². The number of furan rings is 2. The number of thioether (sulfide) groups is 1. The minimum Gasteiger partial charge on any atom is -0.472 e. The monoisotopic (exact) mass is 512 g/mol. The molecule has 2 unspecified atom stereocenters. The van der Waals surface area contributed by atoms with Gasteiger partial charge in [-0.25, -0.2) is 0 Å². The molecule has 4 fully saturated rings. The van der Waals surface area contributed by atoms with Gasteiger partial charge in [-0.2, -0.15) is 11.8 Å². The third kappa shape index (κ3) is 4.50. The van der Waals surface area contributed by atoms with Crippen molar-refractivity contribution in [2.45, 2.75) is 107 Å². The number of aliphatic hydroxyl groups is 1. The van der Waals surface area contributed by atoms with E-state index in [4.69, 9.17) is 8.83 Å². The number of rotatable bonds is 5. The van der Waals surface area contributed by atoms with Crippen LogP contribution in [0.4, 0.5) is 0 Å². The van der Waals surface area contributed by atoms with Gasteiger partial charge in [-0.3, -0.25) is 9.80 Å². The van der Waals surface area contributed by atoms with Crippen LogP contribution >= 0.6 is 11.8 Å². The van der Waals surface area contributed by atoms with Crippen molar-refractivity contribution < 1.29 is 13.9 Å². The SMILES string of the molecule is C[C@@H]1CCC(c2ccoc2)N2C[C@H](CS[C@]3(C)CC[C@H]4[C@H](C)CCC(c5ccoc5)N4[C@@H]3O)CC[C@@H]12. The van der Waals surface area contributed by atoms with Crippen molar-refractivity contribution in [3.8, 4) is 0 Å². The molecule has 0 bridgehead atoms. The maximum Gasteiger partial charge on any atom is 0.122 e. The van der Waals surface area contributed by atoms with Gasteiger partial charge in [-0.1, -0.05) is 13.8 Å². The predicted octanol–water partition coefficient (Wildman–Crippen LogP) is 6.87. The quantitative estimate of drug-likeness (QED) is 0.472. The van der Waals surface area contributed by atoms with Crippen LogP contribution in [0.2, 0.25) is 0 Å². The van der Waals surface area contributed by atoms with E-state index in [0.717, 1.165) is 24.5 Å². The summed E-state index contributed by atoms with van der Waals surface area (Å²) in [6.45, 7) is 8.32. The molecule has 6 heteroatoms. The summed E-state index contributed by atoms with van der Waals surface area (Å²) in [6, 6.07) is 6.19. The van der Waals surface area contributed by atoms with Gasteiger partial charge in [0, 0.05) is 41.8 Å². The standard InChI is InChI=1S/C30H44N2O3S/c1-20-4-7-27(23-11-14-34-17-23)31-16-22(6-9-25(20)31)19-36-30(3)13-10-26-21(2)5-8-28(32(26)29(30)33)24-12-15-35-18-24/h11-12,14-15,17-18,20-22,25-29,33H,4-10,13,16,19H2,1-3H3/t20-,21-,22-,25+,26+,27?,28?,29-,30-/m1/s1. The Balaban J connectivity index is 1.14. The van der Waals surface area contributed by atoms with Crippen LogP contribution in [0.5, 0.6) is 0 Å². The fourth-order valence-electron chi connectivity index (χ4n) is 8.01. The molecule has 36 heavy (non-hydrogen) atoms. The molecule has 4 aliphatic heterocycles. The maximum atomic E-state index is 11.9. The fourth-order valence-corrected chi connectivity index (χ4v) is 9.44. The molecule has 5 nitrogen and oxygen atoms in total. The van der Waals surface area contributed by atoms with Gasteiger partial charge >= 0.3 is 0 Å². The lowest BCUT2D eigenvalue weighted by Crippen LogP contribution is -2.62. The molecular weight excluding hydrogens is 468 g/mol. The van der Waals surface area contributed by atoms with E-state index in [0.29, 0.717) is 30.0 Å². The minimum absolute atomic E-state index is 0.133. The average molecular weight is 513 g/mol. The van der Waals surface area contributed by atoms with Crippen molar-refractivity contribution in [1.29, 1.82) is 0 Å². The lowest BCUT2D eigenvalue weighted by Gasteiger charge is -2.56. The summed E-state index contributed by atoms with van der Waals surface area (Å²) in [5, 5.41) is 11.9. The highest BCUT2D eigenvalue weighted by atomic mass is 32.2. The van der Waals surface area contributed by atoms with E-state index in [1.54, 1.807) is 6.26 Å². The highest BCUT2D eigenvalue weighted by Crippen LogP contribution is 2.51. The first-order chi connectivity index (χ1) is 17.4. The Labute approximate surface area is 221 Å². The molecule has 0 amide bonds. The Morgan fingerprint density at radius 1 is 0.889 bits per heavy atom. The number of hydrogen-bond acceptors (Lipinski definition) is 6. The van der Waals surface area contributed by atoms with Gasteiger partial charge < -0.3 is 13.9 Å². The van der Waals surface area contributed by atoms with Gasteiger partial charge in [0.25, 0.3) is 0 Å². The van der Waals surface area contributed by atoms with E-state index in [-0.39, 0.29) is 10.8 Å². The van der Waals surface area contributed by atoms with E-state index in [1.807, 2.05) is 30.6 Å². The number of nitrogens with zero attached hydrogens (tertiary/aromatic N) is 2. The zero-order valence-corrected chi connectivity index (χ0v) is 23.0. The van der Waals surface area contributed by atoms with E-state index in [9.17, 15) is 5.11 Å². The molecule has 9 atom stereocenters. The van der Waals surface area contributed by atoms with E-state index in [2.05, 4.69) is 42.7 Å². The summed E-state index contributed by atoms with van der Waals surface area (Å²) >= 11 is 2.05. The first kappa shape index (κ1) is 25.1. The van der Waals surface area contributed by atoms with Crippen LogP contribution in [-0.2, 0) is 0 Å². The molecule has 0 aromatic carbocycles. The van der Waals surface area contributed by atoms with Gasteiger partial charge in [-0.15, -0.1) is 0 Å². The Kier molecular flexibility index (Phi) is 7.08. The molecule has 198 valence electrons. The molecule has 6 heterocycles. The first-order valence-electron chi connectivity index (χ1n) is 14.3. The molecular formula is C30H44N2O3S. The molecule has 2 aromatic heterocycles. The van der Waals surface area contributed by atoms with Crippen molar-refractivity contribution in [2.24, 2.45) is 17.8 Å². The lowest BCUT2D eigenvalue weighted by atomic mass is 9.77. The van der Waals surface area contributed by atoms with Crippen molar-refractivity contribution in [3.05, 3.63) is 48.3 Å². The van der Waals surface area contributed by atoms with Gasteiger partial charge in [0.15, 0.2) is 0 Å². The van der Waals surface area contributed by atoms with Crippen LogP contribution in [-0.4, -0.2) is 50.3 Å². The lowest BCUT2D eigenvalue weighted by molar-refractivity contribution is -0.132. The Hall–Kier alpha value is -1.21. The highest BCUT2D eigenvalue weighted by molar-refractivity contribution is 8.00. The van der Waals surface area contributed by atoms with Crippen LogP contribution in [0, 0.1) is 17.8 Å². The molecule has 0 radical (unpaired) electrons. The number of piperidine rings is 4. The van der Waals surface area contributed by atoms with Gasteiger partial charge in [-0.05, 0) is 93.9 Å². The summed E-state index contributed by atoms with van der Waals surface area (Å²) in [5.74, 6) is 3.22. The molecule has 2 aromatic rings. The van der Waals surface area contributed by atoms with Gasteiger partial charge in [0.2, 0.25) is 0 Å². The van der Waals surface area contributed by atoms with Crippen LogP contribution < -0.4 is 0 Å². The summed E-state index contributed by atoms with van der Waals surface area (Å²) < 4.78 is 10.8. The smallest absolute Gasteiger partial charge is 0.122 e. The largest absolute Gasteiger partial charge is 0.472 e. The Bertz CT molecular complexity index is 981. The van der Waals surface area contributed by atoms with E-state index in [1.165, 1.54) is 56.2 Å². The predicted molar refractivity (Wildman–Crippen MR) is 145 cm³/mol. The van der Waals surface area contributed by atoms with E-state index >= 15 is 0 Å². The van der Waals surface area contributed by atoms with Crippen molar-refractivity contribution >= 4 is 11.8 Å². The van der Waals surface area contributed by atoms with Crippen molar-refractivity contribution in [1.82, 2.24) is 9.80 Å². The molecule has 1 N–H and O–H groups in total. The Morgan fingerprint density at radius 3 is 2.25 bits per heavy atom. The van der Waals surface area contributed by atoms with Crippen LogP contribution in [0.15, 0.2) is 46.0 Å². The first-order valence-corrected chi connectivity index (χ1v) is 15.3. The van der Waals surface area contributed by atoms with Crippen molar-refractivity contribution in [3.63, 3.8) is 0 Å². The Morgan fingerprint density at radius 2 is 1.56 bits per heavy atom. The van der Waals surface area contributed by atoms with Crippen LogP contribution in [0.25, 0.3) is 0 Å². The normalized spacial score (nSPS) is 42.1. The van der Waals surface area contributed by atoms with Crippen molar-refractivity contribution in [2.75, 3.05) is 12.3 Å². The average Bonchev–Trinajstić information content (AvgIpc) is 3.61. The zero-order valence-electron chi connectivity index (χ0n) is 22.2. The second kappa shape index (κ2) is 10.2. The molecule has 4 aliphatic rings. The molecule has 6 rings (SSSR count). The summed E-state index contributed by atoms with van der Waals surface area (Å²) in [6.07, 6.45) is 16.8.